The van der Waals surface area contributed by atoms with Crippen LogP contribution in [0.25, 0.3) is 0 Å². The molecule has 0 bridgehead atoms. The molecule has 0 aliphatic heterocycles. The lowest BCUT2D eigenvalue weighted by Gasteiger charge is -2.37. The van der Waals surface area contributed by atoms with Crippen molar-refractivity contribution in [2.45, 2.75) is 63.3 Å². The van der Waals surface area contributed by atoms with Crippen molar-refractivity contribution >= 4 is 11.3 Å². The third-order valence-corrected chi connectivity index (χ3v) is 4.81. The number of thiophene rings is 1. The second-order valence-electron chi connectivity index (χ2n) is 5.45. The highest BCUT2D eigenvalue weighted by atomic mass is 32.1. The van der Waals surface area contributed by atoms with Gasteiger partial charge in [-0.15, -0.1) is 0 Å². The van der Waals surface area contributed by atoms with Crippen molar-refractivity contribution in [3.05, 3.63) is 22.4 Å². The summed E-state index contributed by atoms with van der Waals surface area (Å²) in [7, 11) is 0. The smallest absolute Gasteiger partial charge is 0.0695 e. The molecule has 1 heterocycles. The Morgan fingerprint density at radius 3 is 2.71 bits per heavy atom. The third kappa shape index (κ3) is 2.72. The van der Waals surface area contributed by atoms with Gasteiger partial charge < -0.3 is 5.11 Å². The molecule has 0 saturated heterocycles. The van der Waals surface area contributed by atoms with Gasteiger partial charge in [0.25, 0.3) is 0 Å². The molecular formula is C14H21NOS. The van der Waals surface area contributed by atoms with Gasteiger partial charge in [-0.2, -0.15) is 11.3 Å². The van der Waals surface area contributed by atoms with Crippen molar-refractivity contribution in [1.82, 2.24) is 4.90 Å². The molecule has 3 rings (SSSR count). The van der Waals surface area contributed by atoms with Gasteiger partial charge in [0, 0.05) is 18.6 Å². The number of hydrogen-bond donors (Lipinski definition) is 1. The summed E-state index contributed by atoms with van der Waals surface area (Å²) < 4.78 is 0. The topological polar surface area (TPSA) is 23.5 Å². The number of rotatable bonds is 4. The van der Waals surface area contributed by atoms with Crippen LogP contribution < -0.4 is 0 Å². The van der Waals surface area contributed by atoms with Crippen LogP contribution in [0.5, 0.6) is 0 Å². The molecule has 0 radical (unpaired) electrons. The molecule has 94 valence electrons. The Bertz CT molecular complexity index is 347. The third-order valence-electron chi connectivity index (χ3n) is 4.08. The number of nitrogens with zero attached hydrogens (tertiary/aromatic N) is 1. The zero-order valence-electron chi connectivity index (χ0n) is 10.2. The van der Waals surface area contributed by atoms with Crippen LogP contribution in [-0.2, 0) is 6.54 Å². The average molecular weight is 251 g/mol. The zero-order chi connectivity index (χ0) is 11.7. The molecular weight excluding hydrogens is 230 g/mol. The quantitative estimate of drug-likeness (QED) is 0.889. The summed E-state index contributed by atoms with van der Waals surface area (Å²) >= 11 is 1.77. The summed E-state index contributed by atoms with van der Waals surface area (Å²) in [6, 6.07) is 3.37. The highest BCUT2D eigenvalue weighted by molar-refractivity contribution is 7.07. The second-order valence-corrected chi connectivity index (χ2v) is 6.23. The van der Waals surface area contributed by atoms with E-state index in [1.165, 1.54) is 37.7 Å². The molecule has 1 aromatic rings. The first-order valence-corrected chi connectivity index (χ1v) is 7.74. The molecule has 0 spiro atoms. The lowest BCUT2D eigenvalue weighted by molar-refractivity contribution is 0.0113. The van der Waals surface area contributed by atoms with Crippen molar-refractivity contribution in [3.8, 4) is 0 Å². The molecule has 3 heteroatoms. The largest absolute Gasteiger partial charge is 0.391 e. The van der Waals surface area contributed by atoms with Crippen LogP contribution in [0, 0.1) is 0 Å². The Labute approximate surface area is 107 Å². The van der Waals surface area contributed by atoms with Gasteiger partial charge in [-0.05, 0) is 48.1 Å². The summed E-state index contributed by atoms with van der Waals surface area (Å²) in [5.74, 6) is 0. The number of aliphatic hydroxyl groups is 1. The van der Waals surface area contributed by atoms with Gasteiger partial charge in [0.1, 0.15) is 0 Å². The molecule has 1 N–H and O–H groups in total. The van der Waals surface area contributed by atoms with E-state index in [0.717, 1.165) is 19.0 Å². The molecule has 0 amide bonds. The van der Waals surface area contributed by atoms with Gasteiger partial charge in [0.15, 0.2) is 0 Å². The maximum atomic E-state index is 10.2. The van der Waals surface area contributed by atoms with E-state index in [-0.39, 0.29) is 6.10 Å². The highest BCUT2D eigenvalue weighted by Gasteiger charge is 2.37. The van der Waals surface area contributed by atoms with Gasteiger partial charge in [-0.1, -0.05) is 12.8 Å². The van der Waals surface area contributed by atoms with Gasteiger partial charge in [-0.3, -0.25) is 4.90 Å². The normalized spacial score (nSPS) is 29.8. The van der Waals surface area contributed by atoms with Crippen LogP contribution in [0.2, 0.25) is 0 Å². The molecule has 17 heavy (non-hydrogen) atoms. The van der Waals surface area contributed by atoms with Crippen molar-refractivity contribution in [1.29, 1.82) is 0 Å². The molecule has 0 unspecified atom stereocenters. The van der Waals surface area contributed by atoms with E-state index in [4.69, 9.17) is 0 Å². The fourth-order valence-electron chi connectivity index (χ4n) is 3.00. The SMILES string of the molecule is O[C@@H]1CCCC[C@H]1N(Cc1ccsc1)C1CC1. The van der Waals surface area contributed by atoms with Crippen molar-refractivity contribution < 1.29 is 5.11 Å². The summed E-state index contributed by atoms with van der Waals surface area (Å²) in [6.45, 7) is 1.04. The first kappa shape index (κ1) is 11.7. The van der Waals surface area contributed by atoms with Crippen LogP contribution in [0.1, 0.15) is 44.1 Å². The van der Waals surface area contributed by atoms with Crippen LogP contribution in [0.3, 0.4) is 0 Å². The zero-order valence-corrected chi connectivity index (χ0v) is 11.0. The first-order chi connectivity index (χ1) is 8.34. The minimum absolute atomic E-state index is 0.0945. The Hall–Kier alpha value is -0.380. The number of aliphatic hydroxyl groups excluding tert-OH is 1. The summed E-state index contributed by atoms with van der Waals surface area (Å²) in [4.78, 5) is 2.58. The molecule has 2 aliphatic carbocycles. The predicted molar refractivity (Wildman–Crippen MR) is 71.1 cm³/mol. The summed E-state index contributed by atoms with van der Waals surface area (Å²) in [5, 5.41) is 14.6. The molecule has 2 atom stereocenters. The first-order valence-electron chi connectivity index (χ1n) is 6.79. The summed E-state index contributed by atoms with van der Waals surface area (Å²) in [5.41, 5.74) is 1.42. The van der Waals surface area contributed by atoms with Crippen LogP contribution in [0.15, 0.2) is 16.8 Å². The lowest BCUT2D eigenvalue weighted by Crippen LogP contribution is -2.46. The second kappa shape index (κ2) is 5.09. The minimum Gasteiger partial charge on any atom is -0.391 e. The molecule has 2 nitrogen and oxygen atoms in total. The van der Waals surface area contributed by atoms with Crippen molar-refractivity contribution in [3.63, 3.8) is 0 Å². The average Bonchev–Trinajstić information content (AvgIpc) is 3.05. The van der Waals surface area contributed by atoms with E-state index in [9.17, 15) is 5.11 Å². The Morgan fingerprint density at radius 2 is 2.06 bits per heavy atom. The van der Waals surface area contributed by atoms with E-state index >= 15 is 0 Å². The monoisotopic (exact) mass is 251 g/mol. The maximum absolute atomic E-state index is 10.2. The fourth-order valence-corrected chi connectivity index (χ4v) is 3.66. The minimum atomic E-state index is -0.0945. The molecule has 2 saturated carbocycles. The Morgan fingerprint density at radius 1 is 1.24 bits per heavy atom. The van der Waals surface area contributed by atoms with E-state index < -0.39 is 0 Å². The maximum Gasteiger partial charge on any atom is 0.0695 e. The predicted octanol–water partition coefficient (Wildman–Crippen LogP) is 3.02. The van der Waals surface area contributed by atoms with Crippen molar-refractivity contribution in [2.75, 3.05) is 0 Å². The van der Waals surface area contributed by atoms with Crippen molar-refractivity contribution in [2.24, 2.45) is 0 Å². The molecule has 0 aromatic carbocycles. The van der Waals surface area contributed by atoms with Gasteiger partial charge >= 0.3 is 0 Å². The van der Waals surface area contributed by atoms with Gasteiger partial charge in [0.05, 0.1) is 6.10 Å². The van der Waals surface area contributed by atoms with Crippen LogP contribution >= 0.6 is 11.3 Å². The van der Waals surface area contributed by atoms with E-state index in [1.807, 2.05) is 0 Å². The number of hydrogen-bond acceptors (Lipinski definition) is 3. The van der Waals surface area contributed by atoms with E-state index in [2.05, 4.69) is 21.7 Å². The summed E-state index contributed by atoms with van der Waals surface area (Å²) in [6.07, 6.45) is 7.23. The van der Waals surface area contributed by atoms with E-state index in [0.29, 0.717) is 6.04 Å². The standard InChI is InChI=1S/C14H21NOS/c16-14-4-2-1-3-13(14)15(12-5-6-12)9-11-7-8-17-10-11/h7-8,10,12-14,16H,1-6,9H2/t13-,14-/m1/s1. The van der Waals surface area contributed by atoms with Crippen LogP contribution in [0.4, 0.5) is 0 Å². The molecule has 1 aromatic heterocycles. The Kier molecular flexibility index (Phi) is 3.50. The fraction of sp³-hybridized carbons (Fsp3) is 0.714. The van der Waals surface area contributed by atoms with Crippen LogP contribution in [-0.4, -0.2) is 28.2 Å². The van der Waals surface area contributed by atoms with Gasteiger partial charge in [-0.25, -0.2) is 0 Å². The lowest BCUT2D eigenvalue weighted by atomic mass is 9.91. The van der Waals surface area contributed by atoms with E-state index in [1.54, 1.807) is 11.3 Å². The molecule has 2 fully saturated rings. The van der Waals surface area contributed by atoms with Gasteiger partial charge in [0.2, 0.25) is 0 Å². The molecule has 2 aliphatic rings. The Balaban J connectivity index is 1.70. The highest BCUT2D eigenvalue weighted by Crippen LogP contribution is 2.35.